The predicted molar refractivity (Wildman–Crippen MR) is 94.5 cm³/mol. The lowest BCUT2D eigenvalue weighted by Gasteiger charge is -2.04. The monoisotopic (exact) mass is 369 g/mol. The van der Waals surface area contributed by atoms with Crippen molar-refractivity contribution in [3.63, 3.8) is 0 Å². The number of halogens is 2. The second-order valence-corrected chi connectivity index (χ2v) is 7.36. The molecule has 1 aromatic carbocycles. The average Bonchev–Trinajstić information content (AvgIpc) is 3.06. The van der Waals surface area contributed by atoms with Crippen LogP contribution in [0.1, 0.15) is 0 Å². The number of thiazole rings is 1. The first kappa shape index (κ1) is 15.3. The zero-order valence-corrected chi connectivity index (χ0v) is 14.1. The van der Waals surface area contributed by atoms with Crippen molar-refractivity contribution in [3.05, 3.63) is 50.5 Å². The van der Waals surface area contributed by atoms with E-state index in [1.165, 1.54) is 22.7 Å². The summed E-state index contributed by atoms with van der Waals surface area (Å²) >= 11 is 14.6. The molecule has 22 heavy (non-hydrogen) atoms. The van der Waals surface area contributed by atoms with Gasteiger partial charge in [0, 0.05) is 16.6 Å². The van der Waals surface area contributed by atoms with Crippen LogP contribution < -0.4 is 10.6 Å². The number of urea groups is 1. The summed E-state index contributed by atoms with van der Waals surface area (Å²) in [4.78, 5) is 16.2. The Kier molecular flexibility index (Phi) is 4.63. The predicted octanol–water partition coefficient (Wildman–Crippen LogP) is 5.82. The van der Waals surface area contributed by atoms with Gasteiger partial charge < -0.3 is 5.32 Å². The number of benzene rings is 1. The molecule has 0 saturated heterocycles. The maximum Gasteiger partial charge on any atom is 0.325 e. The number of hydrogen-bond donors (Lipinski definition) is 2. The van der Waals surface area contributed by atoms with E-state index in [9.17, 15) is 4.79 Å². The number of nitrogens with zero attached hydrogens (tertiary/aromatic N) is 1. The number of hydrogen-bond acceptors (Lipinski definition) is 4. The molecular formula is C14H9Cl2N3OS2. The Morgan fingerprint density at radius 3 is 2.59 bits per heavy atom. The molecule has 0 aliphatic rings. The van der Waals surface area contributed by atoms with E-state index < -0.39 is 0 Å². The summed E-state index contributed by atoms with van der Waals surface area (Å²) in [5, 5.41) is 7.73. The number of aromatic nitrogens is 1. The van der Waals surface area contributed by atoms with Crippen LogP contribution in [0.2, 0.25) is 8.67 Å². The van der Waals surface area contributed by atoms with Gasteiger partial charge in [0.15, 0.2) is 5.13 Å². The van der Waals surface area contributed by atoms with Gasteiger partial charge in [-0.1, -0.05) is 41.4 Å². The molecule has 0 fully saturated rings. The minimum atomic E-state index is -0.346. The summed E-state index contributed by atoms with van der Waals surface area (Å²) in [5.41, 5.74) is 2.17. The minimum absolute atomic E-state index is 0.346. The number of carbonyl (C=O) groups excluding carboxylic acids is 1. The van der Waals surface area contributed by atoms with Crippen LogP contribution in [0.5, 0.6) is 0 Å². The first-order chi connectivity index (χ1) is 10.6. The fraction of sp³-hybridized carbons (Fsp3) is 0. The lowest BCUT2D eigenvalue weighted by Crippen LogP contribution is -2.19. The number of rotatable bonds is 3. The topological polar surface area (TPSA) is 54.0 Å². The fourth-order valence-electron chi connectivity index (χ4n) is 1.75. The number of para-hydroxylation sites is 1. The highest BCUT2D eigenvalue weighted by atomic mass is 35.5. The van der Waals surface area contributed by atoms with Crippen LogP contribution >= 0.6 is 45.9 Å². The second-order valence-electron chi connectivity index (χ2n) is 4.22. The second kappa shape index (κ2) is 6.66. The van der Waals surface area contributed by atoms with Crippen molar-refractivity contribution in [3.8, 4) is 11.3 Å². The molecule has 0 aliphatic heterocycles. The summed E-state index contributed by atoms with van der Waals surface area (Å²) in [6.45, 7) is 0. The van der Waals surface area contributed by atoms with Gasteiger partial charge in [-0.15, -0.1) is 22.7 Å². The molecule has 3 aromatic rings. The van der Waals surface area contributed by atoms with Gasteiger partial charge in [0.2, 0.25) is 0 Å². The molecule has 0 unspecified atom stereocenters. The van der Waals surface area contributed by atoms with Crippen LogP contribution in [-0.2, 0) is 0 Å². The zero-order valence-electron chi connectivity index (χ0n) is 11.0. The lowest BCUT2D eigenvalue weighted by molar-refractivity contribution is 0.262. The molecule has 112 valence electrons. The Morgan fingerprint density at radius 1 is 1.14 bits per heavy atom. The normalized spacial score (nSPS) is 10.5. The quantitative estimate of drug-likeness (QED) is 0.610. The van der Waals surface area contributed by atoms with E-state index in [2.05, 4.69) is 15.6 Å². The lowest BCUT2D eigenvalue weighted by atomic mass is 10.3. The molecule has 2 heterocycles. The smallest absolute Gasteiger partial charge is 0.308 e. The molecule has 0 aliphatic carbocycles. The van der Waals surface area contributed by atoms with Crippen molar-refractivity contribution in [1.29, 1.82) is 0 Å². The Hall–Kier alpha value is -1.60. The van der Waals surface area contributed by atoms with Gasteiger partial charge in [-0.05, 0) is 18.2 Å². The van der Waals surface area contributed by atoms with E-state index in [0.29, 0.717) is 25.2 Å². The molecule has 3 rings (SSSR count). The number of nitrogens with one attached hydrogen (secondary N) is 2. The van der Waals surface area contributed by atoms with Crippen LogP contribution in [0, 0.1) is 0 Å². The van der Waals surface area contributed by atoms with Gasteiger partial charge in [0.1, 0.15) is 4.34 Å². The first-order valence-electron chi connectivity index (χ1n) is 6.15. The molecule has 0 radical (unpaired) electrons. The fourth-order valence-corrected chi connectivity index (χ4v) is 3.94. The highest BCUT2D eigenvalue weighted by Gasteiger charge is 2.13. The molecule has 2 amide bonds. The van der Waals surface area contributed by atoms with Gasteiger partial charge in [-0.25, -0.2) is 9.78 Å². The summed E-state index contributed by atoms with van der Waals surface area (Å²) in [6.07, 6.45) is 0. The van der Waals surface area contributed by atoms with Crippen LogP contribution in [-0.4, -0.2) is 11.0 Å². The number of anilines is 2. The minimum Gasteiger partial charge on any atom is -0.308 e. The van der Waals surface area contributed by atoms with E-state index >= 15 is 0 Å². The van der Waals surface area contributed by atoms with E-state index in [1.54, 1.807) is 18.2 Å². The van der Waals surface area contributed by atoms with E-state index in [0.717, 1.165) is 5.56 Å². The molecule has 0 spiro atoms. The summed E-state index contributed by atoms with van der Waals surface area (Å²) in [6, 6.07) is 10.6. The van der Waals surface area contributed by atoms with Gasteiger partial charge in [0.05, 0.1) is 10.0 Å². The van der Waals surface area contributed by atoms with Crippen LogP contribution in [0.3, 0.4) is 0 Å². The zero-order chi connectivity index (χ0) is 15.5. The summed E-state index contributed by atoms with van der Waals surface area (Å²) in [5.74, 6) is 0. The van der Waals surface area contributed by atoms with Gasteiger partial charge >= 0.3 is 6.03 Å². The SMILES string of the molecule is O=C(Nc1ccccc1)Nc1nc(-c2cc(Cl)sc2Cl)cs1. The van der Waals surface area contributed by atoms with Gasteiger partial charge in [0.25, 0.3) is 0 Å². The van der Waals surface area contributed by atoms with Crippen molar-refractivity contribution in [2.75, 3.05) is 10.6 Å². The molecule has 0 saturated carbocycles. The van der Waals surface area contributed by atoms with Crippen molar-refractivity contribution < 1.29 is 4.79 Å². The largest absolute Gasteiger partial charge is 0.325 e. The van der Waals surface area contributed by atoms with Crippen LogP contribution in [0.25, 0.3) is 11.3 Å². The van der Waals surface area contributed by atoms with Crippen LogP contribution in [0.15, 0.2) is 41.8 Å². The molecule has 2 aromatic heterocycles. The first-order valence-corrected chi connectivity index (χ1v) is 8.61. The molecule has 0 atom stereocenters. The maximum atomic E-state index is 11.9. The Morgan fingerprint density at radius 2 is 1.91 bits per heavy atom. The third kappa shape index (κ3) is 3.59. The van der Waals surface area contributed by atoms with Crippen molar-refractivity contribution in [2.24, 2.45) is 0 Å². The molecular weight excluding hydrogens is 361 g/mol. The third-order valence-electron chi connectivity index (χ3n) is 2.69. The Labute approximate surface area is 144 Å². The summed E-state index contributed by atoms with van der Waals surface area (Å²) < 4.78 is 1.18. The van der Waals surface area contributed by atoms with Crippen LogP contribution in [0.4, 0.5) is 15.6 Å². The number of thiophene rings is 1. The summed E-state index contributed by atoms with van der Waals surface area (Å²) in [7, 11) is 0. The Balaban J connectivity index is 1.69. The Bertz CT molecular complexity index is 802. The molecule has 4 nitrogen and oxygen atoms in total. The average molecular weight is 370 g/mol. The molecule has 0 bridgehead atoms. The van der Waals surface area contributed by atoms with Crippen molar-refractivity contribution >= 4 is 62.7 Å². The third-order valence-corrected chi connectivity index (χ3v) is 4.93. The van der Waals surface area contributed by atoms with E-state index in [4.69, 9.17) is 23.2 Å². The highest BCUT2D eigenvalue weighted by Crippen LogP contribution is 2.38. The van der Waals surface area contributed by atoms with Gasteiger partial charge in [-0.3, -0.25) is 5.32 Å². The van der Waals surface area contributed by atoms with Crippen molar-refractivity contribution in [2.45, 2.75) is 0 Å². The number of amides is 2. The number of carbonyl (C=O) groups is 1. The molecule has 2 N–H and O–H groups in total. The molecule has 8 heteroatoms. The maximum absolute atomic E-state index is 11.9. The van der Waals surface area contributed by atoms with E-state index in [-0.39, 0.29) is 6.03 Å². The van der Waals surface area contributed by atoms with E-state index in [1.807, 2.05) is 23.6 Å². The van der Waals surface area contributed by atoms with Gasteiger partial charge in [-0.2, -0.15) is 0 Å². The standard InChI is InChI=1S/C14H9Cl2N3OS2/c15-11-6-9(12(16)22-11)10-7-21-14(18-10)19-13(20)17-8-4-2-1-3-5-8/h1-7H,(H2,17,18,19,20). The highest BCUT2D eigenvalue weighted by molar-refractivity contribution is 7.20. The van der Waals surface area contributed by atoms with Crippen molar-refractivity contribution in [1.82, 2.24) is 4.98 Å².